The van der Waals surface area contributed by atoms with Crippen molar-refractivity contribution in [3.63, 3.8) is 0 Å². The van der Waals surface area contributed by atoms with E-state index in [4.69, 9.17) is 0 Å². The van der Waals surface area contributed by atoms with E-state index in [-0.39, 0.29) is 0 Å². The molecule has 45 heavy (non-hydrogen) atoms. The standard InChI is InChI=1S/C42H25NS2/c1-2-9-26(10-3-1)27-18-22-37-35(23-27)31-11-4-6-14-36(31)43(37)29-19-21-34-41(25-29)45-39-16-8-13-30(42(34)39)28-17-20-33-32-12-5-7-15-38(32)44-40(33)24-28/h1-25H. The number of aromatic nitrogens is 1. The highest BCUT2D eigenvalue weighted by atomic mass is 32.1. The Hall–Kier alpha value is -5.22. The van der Waals surface area contributed by atoms with Crippen LogP contribution in [-0.4, -0.2) is 4.57 Å². The molecule has 10 aromatic rings. The van der Waals surface area contributed by atoms with Crippen LogP contribution in [0.2, 0.25) is 0 Å². The predicted molar refractivity (Wildman–Crippen MR) is 197 cm³/mol. The monoisotopic (exact) mass is 607 g/mol. The quantitative estimate of drug-likeness (QED) is 0.188. The molecule has 0 unspecified atom stereocenters. The first-order chi connectivity index (χ1) is 22.3. The zero-order valence-corrected chi connectivity index (χ0v) is 25.8. The average molecular weight is 608 g/mol. The van der Waals surface area contributed by atoms with E-state index in [1.165, 1.54) is 90.1 Å². The molecule has 210 valence electrons. The van der Waals surface area contributed by atoms with E-state index < -0.39 is 0 Å². The molecule has 10 rings (SSSR count). The third-order valence-electron chi connectivity index (χ3n) is 9.21. The molecule has 0 bridgehead atoms. The normalized spacial score (nSPS) is 12.0. The van der Waals surface area contributed by atoms with Crippen LogP contribution >= 0.6 is 22.7 Å². The van der Waals surface area contributed by atoms with Gasteiger partial charge in [-0.25, -0.2) is 0 Å². The smallest absolute Gasteiger partial charge is 0.0541 e. The second-order valence-electron chi connectivity index (χ2n) is 11.7. The molecule has 0 aliphatic carbocycles. The SMILES string of the molecule is c1ccc(-c2ccc3c(c2)c2ccccc2n3-c2ccc3c(c2)sc2cccc(-c4ccc5c(c4)sc4ccccc45)c23)cc1. The van der Waals surface area contributed by atoms with Crippen LogP contribution in [0.5, 0.6) is 0 Å². The molecule has 3 heteroatoms. The Morgan fingerprint density at radius 2 is 1.04 bits per heavy atom. The average Bonchev–Trinajstić information content (AvgIpc) is 3.77. The number of nitrogens with zero attached hydrogens (tertiary/aromatic N) is 1. The fourth-order valence-electron chi connectivity index (χ4n) is 7.15. The van der Waals surface area contributed by atoms with E-state index in [1.807, 2.05) is 22.7 Å². The first kappa shape index (κ1) is 25.1. The van der Waals surface area contributed by atoms with Crippen molar-refractivity contribution in [1.29, 1.82) is 0 Å². The van der Waals surface area contributed by atoms with Gasteiger partial charge in [-0.2, -0.15) is 0 Å². The largest absolute Gasteiger partial charge is 0.309 e. The molecule has 0 radical (unpaired) electrons. The van der Waals surface area contributed by atoms with Crippen LogP contribution in [0.15, 0.2) is 152 Å². The fourth-order valence-corrected chi connectivity index (χ4v) is 9.46. The third kappa shape index (κ3) is 3.78. The van der Waals surface area contributed by atoms with Gasteiger partial charge in [0.25, 0.3) is 0 Å². The molecule has 0 aliphatic heterocycles. The van der Waals surface area contributed by atoms with Gasteiger partial charge in [0, 0.05) is 56.8 Å². The molecule has 0 atom stereocenters. The van der Waals surface area contributed by atoms with Crippen molar-refractivity contribution in [2.75, 3.05) is 0 Å². The van der Waals surface area contributed by atoms with Crippen LogP contribution in [0.4, 0.5) is 0 Å². The zero-order valence-electron chi connectivity index (χ0n) is 24.2. The van der Waals surface area contributed by atoms with Gasteiger partial charge >= 0.3 is 0 Å². The van der Waals surface area contributed by atoms with Gasteiger partial charge in [0.2, 0.25) is 0 Å². The van der Waals surface area contributed by atoms with E-state index in [2.05, 4.69) is 156 Å². The van der Waals surface area contributed by atoms with Gasteiger partial charge < -0.3 is 4.57 Å². The molecule has 1 nitrogen and oxygen atoms in total. The van der Waals surface area contributed by atoms with Crippen molar-refractivity contribution in [3.05, 3.63) is 152 Å². The Labute approximate surface area is 267 Å². The first-order valence-corrected chi connectivity index (χ1v) is 16.9. The van der Waals surface area contributed by atoms with Crippen LogP contribution in [-0.2, 0) is 0 Å². The van der Waals surface area contributed by atoms with E-state index in [9.17, 15) is 0 Å². The van der Waals surface area contributed by atoms with Gasteiger partial charge in [0.1, 0.15) is 0 Å². The van der Waals surface area contributed by atoms with Crippen molar-refractivity contribution in [2.24, 2.45) is 0 Å². The maximum absolute atomic E-state index is 2.43. The van der Waals surface area contributed by atoms with Crippen LogP contribution in [0.25, 0.3) is 90.1 Å². The second-order valence-corrected chi connectivity index (χ2v) is 13.9. The van der Waals surface area contributed by atoms with Crippen molar-refractivity contribution in [3.8, 4) is 27.9 Å². The topological polar surface area (TPSA) is 4.93 Å². The molecule has 0 saturated heterocycles. The van der Waals surface area contributed by atoms with E-state index in [0.29, 0.717) is 0 Å². The van der Waals surface area contributed by atoms with Crippen LogP contribution in [0.1, 0.15) is 0 Å². The number of fused-ring (bicyclic) bond motifs is 9. The number of para-hydroxylation sites is 1. The molecule has 3 heterocycles. The number of thiophene rings is 2. The third-order valence-corrected chi connectivity index (χ3v) is 11.5. The molecule has 0 N–H and O–H groups in total. The summed E-state index contributed by atoms with van der Waals surface area (Å²) in [5, 5.41) is 7.91. The van der Waals surface area contributed by atoms with Gasteiger partial charge in [-0.3, -0.25) is 0 Å². The summed E-state index contributed by atoms with van der Waals surface area (Å²) in [6, 6.07) is 55.8. The molecule has 3 aromatic heterocycles. The molecule has 7 aromatic carbocycles. The van der Waals surface area contributed by atoms with Crippen LogP contribution in [0, 0.1) is 0 Å². The van der Waals surface area contributed by atoms with Crippen molar-refractivity contribution in [2.45, 2.75) is 0 Å². The zero-order chi connectivity index (χ0) is 29.5. The Bertz CT molecular complexity index is 2760. The summed E-state index contributed by atoms with van der Waals surface area (Å²) < 4.78 is 7.75. The van der Waals surface area contributed by atoms with Gasteiger partial charge in [0.15, 0.2) is 0 Å². The van der Waals surface area contributed by atoms with Gasteiger partial charge in [-0.15, -0.1) is 22.7 Å². The Kier molecular flexibility index (Phi) is 5.39. The highest BCUT2D eigenvalue weighted by molar-refractivity contribution is 7.26. The number of benzene rings is 7. The summed E-state index contributed by atoms with van der Waals surface area (Å²) >= 11 is 3.77. The summed E-state index contributed by atoms with van der Waals surface area (Å²) in [6.07, 6.45) is 0. The fraction of sp³-hybridized carbons (Fsp3) is 0. The van der Waals surface area contributed by atoms with Crippen molar-refractivity contribution in [1.82, 2.24) is 4.57 Å². The highest BCUT2D eigenvalue weighted by Gasteiger charge is 2.16. The van der Waals surface area contributed by atoms with Gasteiger partial charge in [-0.05, 0) is 70.8 Å². The summed E-state index contributed by atoms with van der Waals surface area (Å²) in [5.41, 5.74) is 8.72. The molecule has 0 spiro atoms. The molecule has 0 fully saturated rings. The summed E-state index contributed by atoms with van der Waals surface area (Å²) in [4.78, 5) is 0. The minimum atomic E-state index is 1.20. The molecule has 0 saturated carbocycles. The van der Waals surface area contributed by atoms with E-state index in [0.717, 1.165) is 0 Å². The lowest BCUT2D eigenvalue weighted by atomic mass is 9.98. The molecular weight excluding hydrogens is 583 g/mol. The number of hydrogen-bond acceptors (Lipinski definition) is 2. The van der Waals surface area contributed by atoms with Crippen LogP contribution in [0.3, 0.4) is 0 Å². The molecular formula is C42H25NS2. The summed E-state index contributed by atoms with van der Waals surface area (Å²) in [5.74, 6) is 0. The lowest BCUT2D eigenvalue weighted by molar-refractivity contribution is 1.19. The lowest BCUT2D eigenvalue weighted by Crippen LogP contribution is -1.93. The first-order valence-electron chi connectivity index (χ1n) is 15.3. The number of hydrogen-bond donors (Lipinski definition) is 0. The summed E-state index contributed by atoms with van der Waals surface area (Å²) in [7, 11) is 0. The van der Waals surface area contributed by atoms with Crippen molar-refractivity contribution < 1.29 is 0 Å². The number of rotatable bonds is 3. The van der Waals surface area contributed by atoms with Crippen LogP contribution < -0.4 is 0 Å². The Morgan fingerprint density at radius 1 is 0.356 bits per heavy atom. The van der Waals surface area contributed by atoms with E-state index >= 15 is 0 Å². The lowest BCUT2D eigenvalue weighted by Gasteiger charge is -2.09. The van der Waals surface area contributed by atoms with Gasteiger partial charge in [0.05, 0.1) is 11.0 Å². The minimum absolute atomic E-state index is 1.20. The Morgan fingerprint density at radius 3 is 1.98 bits per heavy atom. The van der Waals surface area contributed by atoms with E-state index in [1.54, 1.807) is 0 Å². The minimum Gasteiger partial charge on any atom is -0.309 e. The second kappa shape index (κ2) is 9.64. The predicted octanol–water partition coefficient (Wildman–Crippen LogP) is 12.9. The molecule has 0 aliphatic rings. The van der Waals surface area contributed by atoms with Gasteiger partial charge in [-0.1, -0.05) is 103 Å². The highest BCUT2D eigenvalue weighted by Crippen LogP contribution is 2.44. The maximum Gasteiger partial charge on any atom is 0.0541 e. The summed E-state index contributed by atoms with van der Waals surface area (Å²) in [6.45, 7) is 0. The van der Waals surface area contributed by atoms with Crippen molar-refractivity contribution >= 4 is 84.8 Å². The Balaban J connectivity index is 1.15. The molecule has 0 amide bonds. The maximum atomic E-state index is 2.43.